The molecular formula is C22H26N4O3S. The number of rotatable bonds is 8. The number of aromatic nitrogens is 2. The third kappa shape index (κ3) is 5.55. The van der Waals surface area contributed by atoms with E-state index in [0.29, 0.717) is 0 Å². The lowest BCUT2D eigenvalue weighted by atomic mass is 10.0. The van der Waals surface area contributed by atoms with E-state index in [9.17, 15) is 13.2 Å². The van der Waals surface area contributed by atoms with Crippen LogP contribution in [0.3, 0.4) is 0 Å². The number of hydrogen-bond donors (Lipinski definition) is 2. The van der Waals surface area contributed by atoms with Crippen LogP contribution in [0, 0.1) is 13.8 Å². The first kappa shape index (κ1) is 21.7. The number of carbonyl (C=O) groups is 1. The van der Waals surface area contributed by atoms with Crippen molar-refractivity contribution in [3.63, 3.8) is 0 Å². The fourth-order valence-electron chi connectivity index (χ4n) is 3.16. The average molecular weight is 427 g/mol. The lowest BCUT2D eigenvalue weighted by molar-refractivity contribution is -0.121. The summed E-state index contributed by atoms with van der Waals surface area (Å²) in [5, 5.41) is 6.88. The third-order valence-corrected chi connectivity index (χ3v) is 6.24. The van der Waals surface area contributed by atoms with E-state index in [-0.39, 0.29) is 23.8 Å². The van der Waals surface area contributed by atoms with Gasteiger partial charge in [-0.15, -0.1) is 0 Å². The van der Waals surface area contributed by atoms with Crippen molar-refractivity contribution in [1.29, 1.82) is 0 Å². The summed E-state index contributed by atoms with van der Waals surface area (Å²) in [5.74, 6) is -0.168. The average Bonchev–Trinajstić information content (AvgIpc) is 3.16. The van der Waals surface area contributed by atoms with Gasteiger partial charge in [0.05, 0.1) is 18.7 Å². The summed E-state index contributed by atoms with van der Waals surface area (Å²) in [6, 6.07) is 14.8. The molecule has 0 saturated carbocycles. The van der Waals surface area contributed by atoms with Gasteiger partial charge in [0.2, 0.25) is 15.9 Å². The van der Waals surface area contributed by atoms with Gasteiger partial charge in [0, 0.05) is 19.8 Å². The predicted molar refractivity (Wildman–Crippen MR) is 115 cm³/mol. The van der Waals surface area contributed by atoms with Crippen LogP contribution in [0.25, 0.3) is 0 Å². The normalized spacial score (nSPS) is 12.5. The molecule has 0 bridgehead atoms. The number of aryl methyl sites for hydroxylation is 3. The first-order valence-corrected chi connectivity index (χ1v) is 11.1. The molecule has 0 saturated heterocycles. The fourth-order valence-corrected chi connectivity index (χ4v) is 4.19. The summed E-state index contributed by atoms with van der Waals surface area (Å²) in [6.45, 7) is 3.99. The van der Waals surface area contributed by atoms with E-state index in [4.69, 9.17) is 0 Å². The minimum absolute atomic E-state index is 0.0276. The van der Waals surface area contributed by atoms with Crippen LogP contribution >= 0.6 is 0 Å². The van der Waals surface area contributed by atoms with Crippen LogP contribution in [0.4, 0.5) is 0 Å². The first-order valence-electron chi connectivity index (χ1n) is 9.63. The Balaban J connectivity index is 1.74. The minimum atomic E-state index is -3.73. The molecule has 3 aromatic rings. The van der Waals surface area contributed by atoms with Gasteiger partial charge in [-0.25, -0.2) is 13.1 Å². The maximum absolute atomic E-state index is 12.8. The molecule has 1 unspecified atom stereocenters. The zero-order valence-electron chi connectivity index (χ0n) is 17.3. The maximum atomic E-state index is 12.8. The molecule has 0 aliphatic heterocycles. The van der Waals surface area contributed by atoms with Crippen LogP contribution in [0.15, 0.2) is 65.8 Å². The highest BCUT2D eigenvalue weighted by Gasteiger charge is 2.21. The van der Waals surface area contributed by atoms with E-state index >= 15 is 0 Å². The second-order valence-corrected chi connectivity index (χ2v) is 9.11. The van der Waals surface area contributed by atoms with Gasteiger partial charge in [-0.1, -0.05) is 54.1 Å². The number of benzene rings is 2. The molecule has 0 fully saturated rings. The Labute approximate surface area is 177 Å². The van der Waals surface area contributed by atoms with Crippen molar-refractivity contribution >= 4 is 15.9 Å². The highest BCUT2D eigenvalue weighted by atomic mass is 32.2. The van der Waals surface area contributed by atoms with Crippen molar-refractivity contribution in [2.75, 3.05) is 6.54 Å². The Bertz CT molecular complexity index is 1120. The number of carbonyl (C=O) groups excluding carboxylic acids is 1. The Morgan fingerprint density at radius 3 is 2.53 bits per heavy atom. The Hall–Kier alpha value is -2.97. The van der Waals surface area contributed by atoms with Crippen LogP contribution in [-0.4, -0.2) is 30.7 Å². The zero-order chi connectivity index (χ0) is 21.7. The molecular weight excluding hydrogens is 400 g/mol. The smallest absolute Gasteiger partial charge is 0.243 e. The van der Waals surface area contributed by atoms with Crippen molar-refractivity contribution in [3.05, 3.63) is 83.2 Å². The molecule has 0 radical (unpaired) electrons. The highest BCUT2D eigenvalue weighted by Crippen LogP contribution is 2.16. The van der Waals surface area contributed by atoms with Gasteiger partial charge in [0.1, 0.15) is 4.90 Å². The largest absolute Gasteiger partial charge is 0.348 e. The summed E-state index contributed by atoms with van der Waals surface area (Å²) in [6.07, 6.45) is 2.95. The molecule has 0 spiro atoms. The summed E-state index contributed by atoms with van der Waals surface area (Å²) < 4.78 is 29.1. The highest BCUT2D eigenvalue weighted by molar-refractivity contribution is 7.89. The molecule has 1 aromatic heterocycles. The van der Waals surface area contributed by atoms with Gasteiger partial charge >= 0.3 is 0 Å². The molecule has 30 heavy (non-hydrogen) atoms. The molecule has 1 amide bonds. The molecule has 3 rings (SSSR count). The van der Waals surface area contributed by atoms with E-state index in [0.717, 1.165) is 22.3 Å². The quantitative estimate of drug-likeness (QED) is 0.579. The van der Waals surface area contributed by atoms with Gasteiger partial charge in [-0.3, -0.25) is 9.48 Å². The molecule has 1 atom stereocenters. The van der Waals surface area contributed by atoms with Crippen molar-refractivity contribution in [2.24, 2.45) is 7.05 Å². The molecule has 0 aliphatic rings. The third-order valence-electron chi connectivity index (χ3n) is 4.86. The zero-order valence-corrected chi connectivity index (χ0v) is 18.1. The van der Waals surface area contributed by atoms with Crippen LogP contribution < -0.4 is 10.0 Å². The Morgan fingerprint density at radius 2 is 1.87 bits per heavy atom. The fraction of sp³-hybridized carbons (Fsp3) is 0.273. The van der Waals surface area contributed by atoms with Crippen LogP contribution in [0.5, 0.6) is 0 Å². The molecule has 8 heteroatoms. The summed E-state index contributed by atoms with van der Waals surface area (Å²) in [7, 11) is -2.08. The molecule has 2 N–H and O–H groups in total. The number of nitrogens with one attached hydrogen (secondary N) is 2. The van der Waals surface area contributed by atoms with E-state index in [1.165, 1.54) is 17.1 Å². The van der Waals surface area contributed by atoms with E-state index in [2.05, 4.69) is 15.1 Å². The van der Waals surface area contributed by atoms with Gasteiger partial charge in [-0.2, -0.15) is 5.10 Å². The van der Waals surface area contributed by atoms with E-state index in [1.807, 2.05) is 62.4 Å². The lowest BCUT2D eigenvalue weighted by Crippen LogP contribution is -2.38. The number of sulfonamides is 1. The SMILES string of the molecule is Cc1ccc(C)c(CC(=O)NC(CNS(=O)(=O)c2cnn(C)c2)c2ccccc2)c1. The summed E-state index contributed by atoms with van der Waals surface area (Å²) in [5.41, 5.74) is 3.91. The summed E-state index contributed by atoms with van der Waals surface area (Å²) in [4.78, 5) is 12.8. The van der Waals surface area contributed by atoms with E-state index < -0.39 is 16.1 Å². The monoisotopic (exact) mass is 426 g/mol. The molecule has 158 valence electrons. The van der Waals surface area contributed by atoms with Crippen molar-refractivity contribution in [1.82, 2.24) is 19.8 Å². The van der Waals surface area contributed by atoms with Gasteiger partial charge in [0.15, 0.2) is 0 Å². The maximum Gasteiger partial charge on any atom is 0.243 e. The van der Waals surface area contributed by atoms with E-state index in [1.54, 1.807) is 7.05 Å². The van der Waals surface area contributed by atoms with Crippen molar-refractivity contribution in [3.8, 4) is 0 Å². The van der Waals surface area contributed by atoms with Crippen LogP contribution in [0.1, 0.15) is 28.3 Å². The summed E-state index contributed by atoms with van der Waals surface area (Å²) >= 11 is 0. The van der Waals surface area contributed by atoms with Crippen LogP contribution in [-0.2, 0) is 28.3 Å². The second-order valence-electron chi connectivity index (χ2n) is 7.34. The van der Waals surface area contributed by atoms with Crippen LogP contribution in [0.2, 0.25) is 0 Å². The minimum Gasteiger partial charge on any atom is -0.348 e. The van der Waals surface area contributed by atoms with Gasteiger partial charge in [-0.05, 0) is 30.5 Å². The standard InChI is InChI=1S/C22H26N4O3S/c1-16-9-10-17(2)19(11-16)12-22(27)25-21(18-7-5-4-6-8-18)14-24-30(28,29)20-13-23-26(3)15-20/h4-11,13,15,21,24H,12,14H2,1-3H3,(H,25,27). The Morgan fingerprint density at radius 1 is 1.13 bits per heavy atom. The number of amides is 1. The van der Waals surface area contributed by atoms with Gasteiger partial charge < -0.3 is 5.32 Å². The van der Waals surface area contributed by atoms with Gasteiger partial charge in [0.25, 0.3) is 0 Å². The predicted octanol–water partition coefficient (Wildman–Crippen LogP) is 2.42. The lowest BCUT2D eigenvalue weighted by Gasteiger charge is -2.20. The van der Waals surface area contributed by atoms with Crippen molar-refractivity contribution in [2.45, 2.75) is 31.2 Å². The first-order chi connectivity index (χ1) is 14.2. The second kappa shape index (κ2) is 9.23. The Kier molecular flexibility index (Phi) is 6.69. The van der Waals surface area contributed by atoms with Crippen molar-refractivity contribution < 1.29 is 13.2 Å². The molecule has 2 aromatic carbocycles. The number of hydrogen-bond acceptors (Lipinski definition) is 4. The molecule has 0 aliphatic carbocycles. The number of nitrogens with zero attached hydrogens (tertiary/aromatic N) is 2. The molecule has 1 heterocycles. The molecule has 7 nitrogen and oxygen atoms in total. The topological polar surface area (TPSA) is 93.1 Å².